The zero-order chi connectivity index (χ0) is 21.3. The molecular formula is C23H16N2O5. The Hall–Kier alpha value is -4.26. The molecule has 7 nitrogen and oxygen atoms in total. The third-order valence-electron chi connectivity index (χ3n) is 4.72. The van der Waals surface area contributed by atoms with Crippen molar-refractivity contribution in [2.24, 2.45) is 0 Å². The van der Waals surface area contributed by atoms with Gasteiger partial charge in [0, 0.05) is 22.7 Å². The summed E-state index contributed by atoms with van der Waals surface area (Å²) in [6.07, 6.45) is 3.04. The molecule has 0 saturated heterocycles. The number of amides is 3. The molecule has 1 aliphatic rings. The molecule has 0 fully saturated rings. The summed E-state index contributed by atoms with van der Waals surface area (Å²) in [5.41, 5.74) is 1.66. The molecule has 7 heteroatoms. The second-order valence-electron chi connectivity index (χ2n) is 6.75. The van der Waals surface area contributed by atoms with Crippen LogP contribution < -0.4 is 5.32 Å². The lowest BCUT2D eigenvalue weighted by Gasteiger charge is -2.26. The highest BCUT2D eigenvalue weighted by atomic mass is 16.4. The molecule has 1 aliphatic heterocycles. The summed E-state index contributed by atoms with van der Waals surface area (Å²) >= 11 is 0. The quantitative estimate of drug-likeness (QED) is 0.506. The van der Waals surface area contributed by atoms with Gasteiger partial charge in [0.2, 0.25) is 5.91 Å². The van der Waals surface area contributed by atoms with E-state index < -0.39 is 24.3 Å². The van der Waals surface area contributed by atoms with Gasteiger partial charge in [-0.15, -0.1) is 0 Å². The van der Waals surface area contributed by atoms with Gasteiger partial charge in [0.25, 0.3) is 11.8 Å². The second kappa shape index (κ2) is 7.63. The van der Waals surface area contributed by atoms with Gasteiger partial charge in [-0.3, -0.25) is 24.1 Å². The Balaban J connectivity index is 1.69. The smallest absolute Gasteiger partial charge is 0.323 e. The number of carboxylic acid groups (broad SMARTS) is 1. The number of rotatable bonds is 5. The SMILES string of the molecule is O=C(O)CN1C(=O)c2cccc3cc(NC(=O)/C=C/c4ccccc4)cc(c23)C1=O. The average molecular weight is 400 g/mol. The summed E-state index contributed by atoms with van der Waals surface area (Å²) in [5.74, 6) is -3.03. The highest BCUT2D eigenvalue weighted by Gasteiger charge is 2.34. The number of carboxylic acids is 1. The molecule has 0 bridgehead atoms. The maximum Gasteiger partial charge on any atom is 0.323 e. The van der Waals surface area contributed by atoms with Crippen molar-refractivity contribution in [3.8, 4) is 0 Å². The van der Waals surface area contributed by atoms with Crippen LogP contribution in [0, 0.1) is 0 Å². The number of imide groups is 1. The lowest BCUT2D eigenvalue weighted by molar-refractivity contribution is -0.137. The van der Waals surface area contributed by atoms with Crippen LogP contribution in [-0.4, -0.2) is 40.2 Å². The number of nitrogens with one attached hydrogen (secondary N) is 1. The van der Waals surface area contributed by atoms with E-state index in [1.54, 1.807) is 30.3 Å². The monoisotopic (exact) mass is 400 g/mol. The average Bonchev–Trinajstić information content (AvgIpc) is 2.74. The lowest BCUT2D eigenvalue weighted by Crippen LogP contribution is -2.43. The predicted molar refractivity (Wildman–Crippen MR) is 111 cm³/mol. The Morgan fingerprint density at radius 3 is 2.40 bits per heavy atom. The molecular weight excluding hydrogens is 384 g/mol. The Morgan fingerprint density at radius 2 is 1.67 bits per heavy atom. The highest BCUT2D eigenvalue weighted by Crippen LogP contribution is 2.32. The van der Waals surface area contributed by atoms with Gasteiger partial charge < -0.3 is 10.4 Å². The molecule has 0 aliphatic carbocycles. The van der Waals surface area contributed by atoms with Crippen LogP contribution in [0.3, 0.4) is 0 Å². The van der Waals surface area contributed by atoms with Gasteiger partial charge in [0.05, 0.1) is 5.56 Å². The Bertz CT molecular complexity index is 1230. The zero-order valence-electron chi connectivity index (χ0n) is 15.7. The first-order chi connectivity index (χ1) is 14.4. The Labute approximate surface area is 171 Å². The molecule has 0 aromatic heterocycles. The van der Waals surface area contributed by atoms with E-state index in [4.69, 9.17) is 5.11 Å². The minimum absolute atomic E-state index is 0.172. The maximum atomic E-state index is 12.8. The predicted octanol–water partition coefficient (Wildman–Crippen LogP) is 3.17. The van der Waals surface area contributed by atoms with Crippen molar-refractivity contribution >= 4 is 46.2 Å². The fourth-order valence-corrected chi connectivity index (χ4v) is 3.43. The first kappa shape index (κ1) is 19.1. The largest absolute Gasteiger partial charge is 0.480 e. The van der Waals surface area contributed by atoms with Gasteiger partial charge in [0.1, 0.15) is 6.54 Å². The minimum atomic E-state index is -1.29. The van der Waals surface area contributed by atoms with E-state index in [1.807, 2.05) is 30.3 Å². The number of hydrogen-bond donors (Lipinski definition) is 2. The molecule has 4 rings (SSSR count). The van der Waals surface area contributed by atoms with Crippen LogP contribution in [0.4, 0.5) is 5.69 Å². The summed E-state index contributed by atoms with van der Waals surface area (Å²) in [6.45, 7) is -0.732. The summed E-state index contributed by atoms with van der Waals surface area (Å²) in [6, 6.07) is 17.4. The van der Waals surface area contributed by atoms with Gasteiger partial charge >= 0.3 is 5.97 Å². The van der Waals surface area contributed by atoms with E-state index in [-0.39, 0.29) is 17.0 Å². The Morgan fingerprint density at radius 1 is 0.933 bits per heavy atom. The van der Waals surface area contributed by atoms with Crippen molar-refractivity contribution in [2.75, 3.05) is 11.9 Å². The zero-order valence-corrected chi connectivity index (χ0v) is 15.7. The summed E-state index contributed by atoms with van der Waals surface area (Å²) in [4.78, 5) is 49.5. The van der Waals surface area contributed by atoms with Crippen LogP contribution in [0.15, 0.2) is 66.7 Å². The highest BCUT2D eigenvalue weighted by molar-refractivity contribution is 6.26. The second-order valence-corrected chi connectivity index (χ2v) is 6.75. The molecule has 3 amide bonds. The third kappa shape index (κ3) is 3.56. The summed E-state index contributed by atoms with van der Waals surface area (Å²) in [7, 11) is 0. The van der Waals surface area contributed by atoms with Crippen LogP contribution in [0.25, 0.3) is 16.8 Å². The van der Waals surface area contributed by atoms with Gasteiger partial charge in [-0.2, -0.15) is 0 Å². The molecule has 30 heavy (non-hydrogen) atoms. The van der Waals surface area contributed by atoms with E-state index in [2.05, 4.69) is 5.32 Å². The van der Waals surface area contributed by atoms with Crippen molar-refractivity contribution in [1.82, 2.24) is 4.90 Å². The van der Waals surface area contributed by atoms with Crippen molar-refractivity contribution < 1.29 is 24.3 Å². The third-order valence-corrected chi connectivity index (χ3v) is 4.72. The van der Waals surface area contributed by atoms with Gasteiger partial charge in [-0.25, -0.2) is 0 Å². The normalized spacial score (nSPS) is 13.1. The molecule has 3 aromatic carbocycles. The first-order valence-electron chi connectivity index (χ1n) is 9.13. The van der Waals surface area contributed by atoms with Crippen molar-refractivity contribution in [1.29, 1.82) is 0 Å². The minimum Gasteiger partial charge on any atom is -0.480 e. The molecule has 0 spiro atoms. The number of aliphatic carboxylic acids is 1. The van der Waals surface area contributed by atoms with Crippen LogP contribution >= 0.6 is 0 Å². The molecule has 148 valence electrons. The summed E-state index contributed by atoms with van der Waals surface area (Å²) < 4.78 is 0. The van der Waals surface area contributed by atoms with Gasteiger partial charge in [0.15, 0.2) is 0 Å². The lowest BCUT2D eigenvalue weighted by atomic mass is 9.93. The number of nitrogens with zero attached hydrogens (tertiary/aromatic N) is 1. The van der Waals surface area contributed by atoms with Crippen LogP contribution in [0.2, 0.25) is 0 Å². The molecule has 0 unspecified atom stereocenters. The topological polar surface area (TPSA) is 104 Å². The number of benzene rings is 3. The molecule has 3 aromatic rings. The van der Waals surface area contributed by atoms with Crippen molar-refractivity contribution in [2.45, 2.75) is 0 Å². The summed E-state index contributed by atoms with van der Waals surface area (Å²) in [5, 5.41) is 12.8. The van der Waals surface area contributed by atoms with E-state index >= 15 is 0 Å². The van der Waals surface area contributed by atoms with Crippen LogP contribution in [-0.2, 0) is 9.59 Å². The number of hydrogen-bond acceptors (Lipinski definition) is 4. The molecule has 0 atom stereocenters. The first-order valence-corrected chi connectivity index (χ1v) is 9.13. The maximum absolute atomic E-state index is 12.8. The van der Waals surface area contributed by atoms with Crippen molar-refractivity contribution in [3.05, 3.63) is 83.4 Å². The van der Waals surface area contributed by atoms with E-state index in [0.29, 0.717) is 21.4 Å². The molecule has 0 radical (unpaired) electrons. The van der Waals surface area contributed by atoms with E-state index in [0.717, 1.165) is 5.56 Å². The van der Waals surface area contributed by atoms with Gasteiger partial charge in [-0.05, 0) is 35.2 Å². The van der Waals surface area contributed by atoms with Crippen LogP contribution in [0.5, 0.6) is 0 Å². The fourth-order valence-electron chi connectivity index (χ4n) is 3.43. The van der Waals surface area contributed by atoms with Crippen molar-refractivity contribution in [3.63, 3.8) is 0 Å². The number of carbonyl (C=O) groups is 4. The number of anilines is 1. The van der Waals surface area contributed by atoms with E-state index in [9.17, 15) is 19.2 Å². The Kier molecular flexibility index (Phi) is 4.85. The number of carbonyl (C=O) groups excluding carboxylic acids is 3. The molecule has 2 N–H and O–H groups in total. The standard InChI is InChI=1S/C23H16N2O5/c26-19(10-9-14-5-2-1-3-6-14)24-16-11-15-7-4-8-17-21(15)18(12-16)23(30)25(22(17)29)13-20(27)28/h1-12H,13H2,(H,24,26)(H,27,28)/b10-9+. The fraction of sp³-hybridized carbons (Fsp3) is 0.0435. The van der Waals surface area contributed by atoms with E-state index in [1.165, 1.54) is 12.1 Å². The molecule has 1 heterocycles. The van der Waals surface area contributed by atoms with Gasteiger partial charge in [-0.1, -0.05) is 42.5 Å². The molecule has 0 saturated carbocycles. The van der Waals surface area contributed by atoms with Crippen LogP contribution in [0.1, 0.15) is 26.3 Å².